The maximum absolute atomic E-state index is 12.6. The Morgan fingerprint density at radius 3 is 2.30 bits per heavy atom. The Hall–Kier alpha value is -3.62. The van der Waals surface area contributed by atoms with Crippen LogP contribution in [-0.2, 0) is 11.0 Å². The van der Waals surface area contributed by atoms with Gasteiger partial charge in [0.15, 0.2) is 0 Å². The van der Waals surface area contributed by atoms with E-state index in [4.69, 9.17) is 9.90 Å². The second-order valence-corrected chi connectivity index (χ2v) is 6.36. The molecule has 1 heterocycles. The molecule has 0 aliphatic heterocycles. The third-order valence-corrected chi connectivity index (χ3v) is 4.01. The predicted molar refractivity (Wildman–Crippen MR) is 107 cm³/mol. The summed E-state index contributed by atoms with van der Waals surface area (Å²) in [5.41, 5.74) is 0.486. The minimum atomic E-state index is -4.38. The van der Waals surface area contributed by atoms with Crippen LogP contribution in [-0.4, -0.2) is 22.1 Å². The summed E-state index contributed by atoms with van der Waals surface area (Å²) >= 11 is 0. The fraction of sp³-hybridized carbons (Fsp3) is 0.190. The minimum Gasteiger partial charge on any atom is -0.481 e. The lowest BCUT2D eigenvalue weighted by Gasteiger charge is -2.16. The molecule has 30 heavy (non-hydrogen) atoms. The lowest BCUT2D eigenvalue weighted by molar-refractivity contribution is -0.137. The highest BCUT2D eigenvalue weighted by Crippen LogP contribution is 2.30. The van der Waals surface area contributed by atoms with Gasteiger partial charge in [0.2, 0.25) is 0 Å². The number of carboxylic acids is 1. The predicted octanol–water partition coefficient (Wildman–Crippen LogP) is 5.23. The highest BCUT2D eigenvalue weighted by Gasteiger charge is 2.30. The molecular formula is C21H20F3N3O3. The molecule has 0 aliphatic carbocycles. The number of amides is 2. The molecule has 6 nitrogen and oxygen atoms in total. The maximum atomic E-state index is 12.6. The molecule has 3 N–H and O–H groups in total. The summed E-state index contributed by atoms with van der Waals surface area (Å²) in [7, 11) is 0. The monoisotopic (exact) mass is 419 g/mol. The first kappa shape index (κ1) is 22.7. The van der Waals surface area contributed by atoms with Crippen molar-refractivity contribution in [3.05, 3.63) is 72.1 Å². The molecule has 0 fully saturated rings. The number of rotatable bonds is 3. The Balaban J connectivity index is 0.000000735. The van der Waals surface area contributed by atoms with Gasteiger partial charge in [-0.15, -0.1) is 0 Å². The summed E-state index contributed by atoms with van der Waals surface area (Å²) in [6.45, 7) is 2.79. The van der Waals surface area contributed by atoms with Crippen LogP contribution in [0.4, 0.5) is 23.7 Å². The van der Waals surface area contributed by atoms with Gasteiger partial charge >= 0.3 is 12.2 Å². The van der Waals surface area contributed by atoms with Gasteiger partial charge in [0.05, 0.1) is 17.3 Å². The number of alkyl halides is 3. The van der Waals surface area contributed by atoms with E-state index in [2.05, 4.69) is 15.6 Å². The number of hydrogen-bond donors (Lipinski definition) is 3. The van der Waals surface area contributed by atoms with Gasteiger partial charge in [0.25, 0.3) is 5.97 Å². The van der Waals surface area contributed by atoms with Crippen molar-refractivity contribution in [3.63, 3.8) is 0 Å². The van der Waals surface area contributed by atoms with E-state index in [1.807, 2.05) is 6.07 Å². The smallest absolute Gasteiger partial charge is 0.416 e. The average molecular weight is 419 g/mol. The normalized spacial score (nSPS) is 11.8. The van der Waals surface area contributed by atoms with Crippen LogP contribution in [0.15, 0.2) is 60.9 Å². The molecule has 2 amide bonds. The van der Waals surface area contributed by atoms with Crippen molar-refractivity contribution in [3.8, 4) is 0 Å². The van der Waals surface area contributed by atoms with Crippen LogP contribution in [0.25, 0.3) is 10.8 Å². The van der Waals surface area contributed by atoms with Gasteiger partial charge in [-0.1, -0.05) is 24.3 Å². The first-order valence-electron chi connectivity index (χ1n) is 8.85. The Morgan fingerprint density at radius 2 is 1.70 bits per heavy atom. The highest BCUT2D eigenvalue weighted by atomic mass is 19.4. The number of anilines is 1. The zero-order valence-corrected chi connectivity index (χ0v) is 16.2. The molecule has 0 aliphatic rings. The van der Waals surface area contributed by atoms with Crippen molar-refractivity contribution in [1.82, 2.24) is 10.3 Å². The number of aromatic nitrogens is 1. The minimum absolute atomic E-state index is 0.443. The number of fused-ring (bicyclic) bond motifs is 1. The van der Waals surface area contributed by atoms with Crippen LogP contribution < -0.4 is 10.6 Å². The number of nitrogens with one attached hydrogen (secondary N) is 2. The lowest BCUT2D eigenvalue weighted by Crippen LogP contribution is -2.31. The highest BCUT2D eigenvalue weighted by molar-refractivity contribution is 6.01. The molecule has 158 valence electrons. The summed E-state index contributed by atoms with van der Waals surface area (Å²) in [4.78, 5) is 25.3. The van der Waals surface area contributed by atoms with Crippen molar-refractivity contribution in [2.45, 2.75) is 26.1 Å². The molecule has 2 aromatic carbocycles. The van der Waals surface area contributed by atoms with Crippen molar-refractivity contribution < 1.29 is 27.9 Å². The van der Waals surface area contributed by atoms with E-state index < -0.39 is 29.8 Å². The Bertz CT molecular complexity index is 1010. The van der Waals surface area contributed by atoms with Gasteiger partial charge in [-0.2, -0.15) is 13.2 Å². The van der Waals surface area contributed by atoms with Crippen molar-refractivity contribution >= 4 is 28.5 Å². The van der Waals surface area contributed by atoms with Crippen LogP contribution in [0.5, 0.6) is 0 Å². The van der Waals surface area contributed by atoms with Crippen LogP contribution in [0.3, 0.4) is 0 Å². The van der Waals surface area contributed by atoms with Gasteiger partial charge in [-0.25, -0.2) is 4.79 Å². The second kappa shape index (κ2) is 9.73. The van der Waals surface area contributed by atoms with Crippen molar-refractivity contribution in [1.29, 1.82) is 0 Å². The number of carboxylic acid groups (broad SMARTS) is 1. The number of urea groups is 1. The van der Waals surface area contributed by atoms with E-state index in [1.165, 1.54) is 12.1 Å². The molecule has 1 aromatic heterocycles. The molecule has 0 saturated heterocycles. The Labute approximate surface area is 170 Å². The SMILES string of the molecule is CC(=O)O.C[C@H](NC(=O)Nc1cccc2cnccc12)c1ccc(C(F)(F)F)cc1. The zero-order chi connectivity index (χ0) is 22.3. The van der Waals surface area contributed by atoms with E-state index in [9.17, 15) is 18.0 Å². The summed E-state index contributed by atoms with van der Waals surface area (Å²) in [5.74, 6) is -0.833. The Kier molecular flexibility index (Phi) is 7.35. The van der Waals surface area contributed by atoms with E-state index in [-0.39, 0.29) is 0 Å². The van der Waals surface area contributed by atoms with Crippen LogP contribution in [0.1, 0.15) is 31.0 Å². The van der Waals surface area contributed by atoms with E-state index in [0.29, 0.717) is 11.3 Å². The first-order valence-corrected chi connectivity index (χ1v) is 8.85. The fourth-order valence-electron chi connectivity index (χ4n) is 2.63. The number of carbonyl (C=O) groups excluding carboxylic acids is 1. The summed E-state index contributed by atoms with van der Waals surface area (Å²) in [6, 6.07) is 11.1. The Morgan fingerprint density at radius 1 is 1.07 bits per heavy atom. The number of carbonyl (C=O) groups is 2. The molecule has 9 heteroatoms. The lowest BCUT2D eigenvalue weighted by atomic mass is 10.1. The molecule has 1 atom stereocenters. The molecule has 0 spiro atoms. The number of hydrogen-bond acceptors (Lipinski definition) is 3. The topological polar surface area (TPSA) is 91.3 Å². The van der Waals surface area contributed by atoms with Gasteiger partial charge in [-0.3, -0.25) is 9.78 Å². The number of aliphatic carboxylic acids is 1. The standard InChI is InChI=1S/C19H16F3N3O.C2H4O2/c1-12(13-5-7-15(8-6-13)19(20,21)22)24-18(26)25-17-4-2-3-14-11-23-10-9-16(14)17;1-2(3)4/h2-12H,1H3,(H2,24,25,26);1H3,(H,3,4)/t12-;/m0./s1. The van der Waals surface area contributed by atoms with Gasteiger partial charge in [-0.05, 0) is 36.8 Å². The summed E-state index contributed by atoms with van der Waals surface area (Å²) in [5, 5.41) is 14.6. The quantitative estimate of drug-likeness (QED) is 0.542. The van der Waals surface area contributed by atoms with Crippen LogP contribution >= 0.6 is 0 Å². The number of nitrogens with zero attached hydrogens (tertiary/aromatic N) is 1. The zero-order valence-electron chi connectivity index (χ0n) is 16.2. The van der Waals surface area contributed by atoms with Crippen molar-refractivity contribution in [2.75, 3.05) is 5.32 Å². The maximum Gasteiger partial charge on any atom is 0.416 e. The third-order valence-electron chi connectivity index (χ3n) is 4.01. The molecule has 0 unspecified atom stereocenters. The van der Waals surface area contributed by atoms with Crippen LogP contribution in [0, 0.1) is 0 Å². The molecule has 3 rings (SSSR count). The average Bonchev–Trinajstić information content (AvgIpc) is 2.67. The van der Waals surface area contributed by atoms with E-state index >= 15 is 0 Å². The molecular weight excluding hydrogens is 399 g/mol. The largest absolute Gasteiger partial charge is 0.481 e. The van der Waals surface area contributed by atoms with Crippen molar-refractivity contribution in [2.24, 2.45) is 0 Å². The van der Waals surface area contributed by atoms with E-state index in [0.717, 1.165) is 29.8 Å². The first-order chi connectivity index (χ1) is 14.1. The number of benzene rings is 2. The molecule has 0 bridgehead atoms. The molecule has 0 saturated carbocycles. The van der Waals surface area contributed by atoms with Gasteiger partial charge < -0.3 is 15.7 Å². The molecule has 0 radical (unpaired) electrons. The van der Waals surface area contributed by atoms with Gasteiger partial charge in [0, 0.05) is 30.1 Å². The summed E-state index contributed by atoms with van der Waals surface area (Å²) in [6.07, 6.45) is -1.05. The van der Waals surface area contributed by atoms with E-state index in [1.54, 1.807) is 37.5 Å². The van der Waals surface area contributed by atoms with Crippen LogP contribution in [0.2, 0.25) is 0 Å². The van der Waals surface area contributed by atoms with Gasteiger partial charge in [0.1, 0.15) is 0 Å². The number of pyridine rings is 1. The molecule has 3 aromatic rings. The second-order valence-electron chi connectivity index (χ2n) is 6.36. The third kappa shape index (κ3) is 6.47. The summed E-state index contributed by atoms with van der Waals surface area (Å²) < 4.78 is 37.8. The fourth-order valence-corrected chi connectivity index (χ4v) is 2.63. The number of halogens is 3.